The number of carbonyl (C=O) groups excluding carboxylic acids is 3. The fourth-order valence-electron chi connectivity index (χ4n) is 2.23. The molecule has 1 aromatic rings. The molecule has 1 aromatic carbocycles. The molecule has 0 saturated carbocycles. The van der Waals surface area contributed by atoms with Gasteiger partial charge in [0, 0.05) is 18.7 Å². The zero-order valence-electron chi connectivity index (χ0n) is 11.6. The van der Waals surface area contributed by atoms with Crippen molar-refractivity contribution in [2.45, 2.75) is 6.42 Å². The highest BCUT2D eigenvalue weighted by Crippen LogP contribution is 2.29. The van der Waals surface area contributed by atoms with Crippen molar-refractivity contribution in [3.8, 4) is 0 Å². The predicted octanol–water partition coefficient (Wildman–Crippen LogP) is 1.65. The first kappa shape index (κ1) is 15.3. The Hall–Kier alpha value is -2.08. The number of methoxy groups -OCH3 is 2. The quantitative estimate of drug-likeness (QED) is 0.794. The van der Waals surface area contributed by atoms with Gasteiger partial charge < -0.3 is 14.4 Å². The van der Waals surface area contributed by atoms with Crippen molar-refractivity contribution in [2.75, 3.05) is 25.7 Å². The molecule has 1 fully saturated rings. The van der Waals surface area contributed by atoms with E-state index >= 15 is 0 Å². The second-order valence-electron chi connectivity index (χ2n) is 4.58. The molecule has 21 heavy (non-hydrogen) atoms. The van der Waals surface area contributed by atoms with Crippen LogP contribution in [0.5, 0.6) is 0 Å². The molecule has 112 valence electrons. The number of hydrogen-bond acceptors (Lipinski definition) is 5. The number of hydrogen-bond donors (Lipinski definition) is 0. The molecule has 1 aliphatic rings. The van der Waals surface area contributed by atoms with Crippen molar-refractivity contribution < 1.29 is 23.9 Å². The maximum atomic E-state index is 12.0. The first-order valence-electron chi connectivity index (χ1n) is 6.24. The summed E-state index contributed by atoms with van der Waals surface area (Å²) in [5, 5.41) is 0.189. The van der Waals surface area contributed by atoms with Gasteiger partial charge in [-0.05, 0) is 18.2 Å². The van der Waals surface area contributed by atoms with E-state index in [0.717, 1.165) is 0 Å². The Morgan fingerprint density at radius 3 is 2.57 bits per heavy atom. The van der Waals surface area contributed by atoms with Gasteiger partial charge in [-0.1, -0.05) is 11.6 Å². The average Bonchev–Trinajstić information content (AvgIpc) is 2.87. The standard InChI is InChI=1S/C14H14ClNO5/c1-20-13(18)8-5-12(17)16(7-8)9-3-4-10(11(15)6-9)14(19)21-2/h3-4,6,8H,5,7H2,1-2H3. The molecule has 1 saturated heterocycles. The van der Waals surface area contributed by atoms with Crippen molar-refractivity contribution in [1.29, 1.82) is 0 Å². The summed E-state index contributed by atoms with van der Waals surface area (Å²) < 4.78 is 9.25. The summed E-state index contributed by atoms with van der Waals surface area (Å²) in [7, 11) is 2.55. The van der Waals surface area contributed by atoms with E-state index in [-0.39, 0.29) is 29.5 Å². The second-order valence-corrected chi connectivity index (χ2v) is 4.99. The fourth-order valence-corrected chi connectivity index (χ4v) is 2.48. The number of halogens is 1. The Balaban J connectivity index is 2.23. The van der Waals surface area contributed by atoms with Gasteiger partial charge in [-0.3, -0.25) is 9.59 Å². The number of benzene rings is 1. The van der Waals surface area contributed by atoms with Crippen molar-refractivity contribution in [3.63, 3.8) is 0 Å². The first-order chi connectivity index (χ1) is 9.97. The number of ether oxygens (including phenoxy) is 2. The van der Waals surface area contributed by atoms with Crippen molar-refractivity contribution in [1.82, 2.24) is 0 Å². The van der Waals surface area contributed by atoms with Gasteiger partial charge in [0.2, 0.25) is 5.91 Å². The number of esters is 2. The van der Waals surface area contributed by atoms with Crippen LogP contribution in [0, 0.1) is 5.92 Å². The van der Waals surface area contributed by atoms with E-state index < -0.39 is 17.9 Å². The van der Waals surface area contributed by atoms with Gasteiger partial charge >= 0.3 is 11.9 Å². The molecule has 1 amide bonds. The van der Waals surface area contributed by atoms with Crippen LogP contribution < -0.4 is 4.90 Å². The minimum absolute atomic E-state index is 0.100. The van der Waals surface area contributed by atoms with Crippen LogP contribution in [0.25, 0.3) is 0 Å². The summed E-state index contributed by atoms with van der Waals surface area (Å²) in [4.78, 5) is 36.4. The Bertz CT molecular complexity index is 601. The Morgan fingerprint density at radius 2 is 2.00 bits per heavy atom. The maximum Gasteiger partial charge on any atom is 0.339 e. The van der Waals surface area contributed by atoms with Gasteiger partial charge in [-0.15, -0.1) is 0 Å². The monoisotopic (exact) mass is 311 g/mol. The van der Waals surface area contributed by atoms with Gasteiger partial charge in [-0.25, -0.2) is 4.79 Å². The van der Waals surface area contributed by atoms with Gasteiger partial charge in [0.1, 0.15) is 0 Å². The number of anilines is 1. The van der Waals surface area contributed by atoms with Gasteiger partial charge in [-0.2, -0.15) is 0 Å². The molecular weight excluding hydrogens is 298 g/mol. The van der Waals surface area contributed by atoms with Crippen LogP contribution in [0.3, 0.4) is 0 Å². The molecule has 6 nitrogen and oxygen atoms in total. The molecule has 0 spiro atoms. The molecule has 0 N–H and O–H groups in total. The number of amides is 1. The molecule has 7 heteroatoms. The summed E-state index contributed by atoms with van der Waals surface area (Å²) in [5.41, 5.74) is 0.753. The fraction of sp³-hybridized carbons (Fsp3) is 0.357. The average molecular weight is 312 g/mol. The lowest BCUT2D eigenvalue weighted by Gasteiger charge is -2.17. The highest BCUT2D eigenvalue weighted by atomic mass is 35.5. The van der Waals surface area contributed by atoms with Gasteiger partial charge in [0.15, 0.2) is 0 Å². The van der Waals surface area contributed by atoms with Crippen LogP contribution in [0.4, 0.5) is 5.69 Å². The largest absolute Gasteiger partial charge is 0.469 e. The number of nitrogens with zero attached hydrogens (tertiary/aromatic N) is 1. The van der Waals surface area contributed by atoms with E-state index in [1.54, 1.807) is 6.07 Å². The number of rotatable bonds is 3. The van der Waals surface area contributed by atoms with E-state index in [0.29, 0.717) is 5.69 Å². The third-order valence-electron chi connectivity index (χ3n) is 3.33. The SMILES string of the molecule is COC(=O)c1ccc(N2CC(C(=O)OC)CC2=O)cc1Cl. The molecule has 2 rings (SSSR count). The van der Waals surface area contributed by atoms with E-state index in [4.69, 9.17) is 11.6 Å². The highest BCUT2D eigenvalue weighted by molar-refractivity contribution is 6.34. The molecule has 0 radical (unpaired) electrons. The molecular formula is C14H14ClNO5. The van der Waals surface area contributed by atoms with Crippen molar-refractivity contribution in [2.24, 2.45) is 5.92 Å². The third-order valence-corrected chi connectivity index (χ3v) is 3.64. The van der Waals surface area contributed by atoms with E-state index in [9.17, 15) is 14.4 Å². The van der Waals surface area contributed by atoms with Gasteiger partial charge in [0.05, 0.1) is 30.7 Å². The molecule has 1 aliphatic heterocycles. The van der Waals surface area contributed by atoms with Crippen LogP contribution in [-0.2, 0) is 19.1 Å². The number of carbonyl (C=O) groups is 3. The highest BCUT2D eigenvalue weighted by Gasteiger charge is 2.36. The Kier molecular flexibility index (Phi) is 4.47. The zero-order chi connectivity index (χ0) is 15.6. The van der Waals surface area contributed by atoms with Crippen LogP contribution in [0.1, 0.15) is 16.8 Å². The minimum atomic E-state index is -0.549. The van der Waals surface area contributed by atoms with Crippen LogP contribution in [-0.4, -0.2) is 38.6 Å². The van der Waals surface area contributed by atoms with Crippen LogP contribution in [0.15, 0.2) is 18.2 Å². The minimum Gasteiger partial charge on any atom is -0.469 e. The zero-order valence-corrected chi connectivity index (χ0v) is 12.3. The predicted molar refractivity (Wildman–Crippen MR) is 75.3 cm³/mol. The first-order valence-corrected chi connectivity index (χ1v) is 6.61. The smallest absolute Gasteiger partial charge is 0.339 e. The molecule has 0 aliphatic carbocycles. The lowest BCUT2D eigenvalue weighted by atomic mass is 10.1. The topological polar surface area (TPSA) is 72.9 Å². The van der Waals surface area contributed by atoms with Crippen LogP contribution in [0.2, 0.25) is 5.02 Å². The summed E-state index contributed by atoms with van der Waals surface area (Å²) >= 11 is 6.02. The lowest BCUT2D eigenvalue weighted by Crippen LogP contribution is -2.26. The summed E-state index contributed by atoms with van der Waals surface area (Å²) in [6, 6.07) is 4.59. The van der Waals surface area contributed by atoms with E-state index in [1.807, 2.05) is 0 Å². The molecule has 1 unspecified atom stereocenters. The molecule has 1 heterocycles. The van der Waals surface area contributed by atoms with Crippen LogP contribution >= 0.6 is 11.6 Å². The van der Waals surface area contributed by atoms with E-state index in [2.05, 4.69) is 9.47 Å². The summed E-state index contributed by atoms with van der Waals surface area (Å²) in [5.74, 6) is -1.64. The molecule has 1 atom stereocenters. The lowest BCUT2D eigenvalue weighted by molar-refractivity contribution is -0.145. The third kappa shape index (κ3) is 3.00. The molecule has 0 aromatic heterocycles. The van der Waals surface area contributed by atoms with E-state index in [1.165, 1.54) is 31.3 Å². The maximum absolute atomic E-state index is 12.0. The second kappa shape index (κ2) is 6.13. The van der Waals surface area contributed by atoms with Crippen molar-refractivity contribution in [3.05, 3.63) is 28.8 Å². The van der Waals surface area contributed by atoms with Gasteiger partial charge in [0.25, 0.3) is 0 Å². The normalized spacial score (nSPS) is 17.8. The Morgan fingerprint density at radius 1 is 1.29 bits per heavy atom. The Labute approximate surface area is 126 Å². The summed E-state index contributed by atoms with van der Waals surface area (Å²) in [6.45, 7) is 0.236. The molecule has 0 bridgehead atoms. The van der Waals surface area contributed by atoms with Crippen molar-refractivity contribution >= 4 is 35.1 Å². The summed E-state index contributed by atoms with van der Waals surface area (Å²) in [6.07, 6.45) is 0.100.